The molecular formula is C12H24O4Si. The van der Waals surface area contributed by atoms with Gasteiger partial charge in [0.15, 0.2) is 0 Å². The third kappa shape index (κ3) is 3.09. The van der Waals surface area contributed by atoms with Crippen LogP contribution in [0.15, 0.2) is 0 Å². The van der Waals surface area contributed by atoms with Crippen molar-refractivity contribution in [2.24, 2.45) is 5.92 Å². The second-order valence-electron chi connectivity index (χ2n) is 4.98. The number of hydrogen-bond donors (Lipinski definition) is 0. The second kappa shape index (κ2) is 5.80. The Kier molecular flexibility index (Phi) is 4.60. The molecule has 0 aromatic rings. The van der Waals surface area contributed by atoms with Gasteiger partial charge in [0.1, 0.15) is 0 Å². The van der Waals surface area contributed by atoms with E-state index in [2.05, 4.69) is 6.92 Å². The van der Waals surface area contributed by atoms with Crippen molar-refractivity contribution in [2.75, 3.05) is 20.8 Å². The van der Waals surface area contributed by atoms with E-state index in [1.54, 1.807) is 14.2 Å². The molecule has 17 heavy (non-hydrogen) atoms. The lowest BCUT2D eigenvalue weighted by Gasteiger charge is -2.28. The van der Waals surface area contributed by atoms with Gasteiger partial charge in [-0.25, -0.2) is 0 Å². The average molecular weight is 260 g/mol. The molecule has 1 aliphatic heterocycles. The molecule has 1 heterocycles. The third-order valence-corrected chi connectivity index (χ3v) is 6.81. The van der Waals surface area contributed by atoms with Gasteiger partial charge in [-0.3, -0.25) is 0 Å². The Labute approximate surface area is 105 Å². The van der Waals surface area contributed by atoms with Crippen LogP contribution in [0, 0.1) is 5.92 Å². The van der Waals surface area contributed by atoms with Crippen molar-refractivity contribution in [3.8, 4) is 0 Å². The largest absolute Gasteiger partial charge is 0.500 e. The van der Waals surface area contributed by atoms with Gasteiger partial charge in [-0.05, 0) is 12.8 Å². The number of rotatable bonds is 7. The summed E-state index contributed by atoms with van der Waals surface area (Å²) in [6.45, 7) is 2.86. The van der Waals surface area contributed by atoms with Crippen LogP contribution < -0.4 is 0 Å². The summed E-state index contributed by atoms with van der Waals surface area (Å²) in [5, 5.41) is 0. The molecule has 0 aromatic heterocycles. The van der Waals surface area contributed by atoms with Gasteiger partial charge < -0.3 is 18.0 Å². The summed E-state index contributed by atoms with van der Waals surface area (Å²) in [5.41, 5.74) is 0. The van der Waals surface area contributed by atoms with Gasteiger partial charge in [0.25, 0.3) is 0 Å². The summed E-state index contributed by atoms with van der Waals surface area (Å²) >= 11 is 0. The summed E-state index contributed by atoms with van der Waals surface area (Å²) in [6.07, 6.45) is 5.70. The molecule has 2 fully saturated rings. The van der Waals surface area contributed by atoms with E-state index in [1.807, 2.05) is 0 Å². The van der Waals surface area contributed by atoms with Crippen molar-refractivity contribution in [3.63, 3.8) is 0 Å². The van der Waals surface area contributed by atoms with E-state index in [0.717, 1.165) is 19.1 Å². The number of fused-ring (bicyclic) bond motifs is 1. The minimum Gasteiger partial charge on any atom is -0.377 e. The fourth-order valence-electron chi connectivity index (χ4n) is 2.74. The molecule has 2 aliphatic rings. The van der Waals surface area contributed by atoms with E-state index in [9.17, 15) is 0 Å². The first-order valence-corrected chi connectivity index (χ1v) is 8.57. The van der Waals surface area contributed by atoms with Crippen molar-refractivity contribution < 1.29 is 18.0 Å². The van der Waals surface area contributed by atoms with Crippen LogP contribution >= 0.6 is 0 Å². The molecule has 0 radical (unpaired) electrons. The molecule has 0 amide bonds. The van der Waals surface area contributed by atoms with E-state index in [-0.39, 0.29) is 0 Å². The van der Waals surface area contributed by atoms with E-state index < -0.39 is 8.80 Å². The zero-order valence-electron chi connectivity index (χ0n) is 11.1. The summed E-state index contributed by atoms with van der Waals surface area (Å²) in [7, 11) is 1.00. The van der Waals surface area contributed by atoms with Gasteiger partial charge >= 0.3 is 8.80 Å². The quantitative estimate of drug-likeness (QED) is 0.520. The highest BCUT2D eigenvalue weighted by Crippen LogP contribution is 2.41. The van der Waals surface area contributed by atoms with Gasteiger partial charge in [-0.15, -0.1) is 0 Å². The number of epoxide rings is 1. The number of hydrogen-bond acceptors (Lipinski definition) is 4. The fraction of sp³-hybridized carbons (Fsp3) is 1.00. The zero-order valence-corrected chi connectivity index (χ0v) is 12.1. The first-order chi connectivity index (χ1) is 8.24. The Bertz CT molecular complexity index is 245. The highest BCUT2D eigenvalue weighted by atomic mass is 28.4. The van der Waals surface area contributed by atoms with E-state index >= 15 is 0 Å². The summed E-state index contributed by atoms with van der Waals surface area (Å²) in [5.74, 6) is 0.544. The monoisotopic (exact) mass is 260 g/mol. The Morgan fingerprint density at radius 3 is 2.65 bits per heavy atom. The van der Waals surface area contributed by atoms with Crippen LogP contribution in [0.1, 0.15) is 32.6 Å². The molecule has 0 aromatic carbocycles. The Hall–Kier alpha value is 0.0569. The third-order valence-electron chi connectivity index (χ3n) is 3.85. The lowest BCUT2D eigenvalue weighted by Crippen LogP contribution is -2.45. The first-order valence-electron chi connectivity index (χ1n) is 6.64. The Morgan fingerprint density at radius 2 is 2.00 bits per heavy atom. The Balaban J connectivity index is 1.82. The van der Waals surface area contributed by atoms with Crippen molar-refractivity contribution in [3.05, 3.63) is 0 Å². The van der Waals surface area contributed by atoms with Crippen LogP contribution in [0.3, 0.4) is 0 Å². The van der Waals surface area contributed by atoms with Crippen molar-refractivity contribution in [1.82, 2.24) is 0 Å². The molecule has 0 N–H and O–H groups in total. The van der Waals surface area contributed by atoms with Gasteiger partial charge in [0.2, 0.25) is 0 Å². The predicted octanol–water partition coefficient (Wildman–Crippen LogP) is 2.21. The fourth-order valence-corrected chi connectivity index (χ4v) is 4.78. The van der Waals surface area contributed by atoms with Crippen molar-refractivity contribution >= 4 is 8.80 Å². The molecule has 3 unspecified atom stereocenters. The normalized spacial score (nSPS) is 32.3. The maximum absolute atomic E-state index is 6.02. The van der Waals surface area contributed by atoms with Gasteiger partial charge in [0.05, 0.1) is 12.2 Å². The van der Waals surface area contributed by atoms with E-state index in [0.29, 0.717) is 18.1 Å². The highest BCUT2D eigenvalue weighted by Gasteiger charge is 2.48. The standard InChI is InChI=1S/C12H24O4Si/c1-4-8-17(13-2,14-3)15-9-10-6-5-7-11-12(10)16-11/h10-12H,4-9H2,1-3H3. The van der Waals surface area contributed by atoms with Crippen LogP contribution in [0.5, 0.6) is 0 Å². The lowest BCUT2D eigenvalue weighted by molar-refractivity contribution is 0.0731. The van der Waals surface area contributed by atoms with Crippen molar-refractivity contribution in [2.45, 2.75) is 50.9 Å². The van der Waals surface area contributed by atoms with Crippen LogP contribution in [-0.2, 0) is 18.0 Å². The maximum atomic E-state index is 6.02. The minimum atomic E-state index is -2.39. The zero-order chi connectivity index (χ0) is 12.3. The molecule has 2 rings (SSSR count). The smallest absolute Gasteiger partial charge is 0.377 e. The predicted molar refractivity (Wildman–Crippen MR) is 66.8 cm³/mol. The van der Waals surface area contributed by atoms with Crippen LogP contribution in [0.4, 0.5) is 0 Å². The molecule has 100 valence electrons. The van der Waals surface area contributed by atoms with Crippen LogP contribution in [-0.4, -0.2) is 41.8 Å². The highest BCUT2D eigenvalue weighted by molar-refractivity contribution is 6.60. The number of ether oxygens (including phenoxy) is 1. The molecule has 3 atom stereocenters. The molecule has 5 heteroatoms. The topological polar surface area (TPSA) is 40.2 Å². The molecule has 1 saturated carbocycles. The molecular weight excluding hydrogens is 236 g/mol. The second-order valence-corrected chi connectivity index (χ2v) is 7.95. The minimum absolute atomic E-state index is 0.450. The molecule has 4 nitrogen and oxygen atoms in total. The summed E-state index contributed by atoms with van der Waals surface area (Å²) < 4.78 is 22.7. The van der Waals surface area contributed by atoms with E-state index in [1.165, 1.54) is 19.3 Å². The summed E-state index contributed by atoms with van der Waals surface area (Å²) in [6, 6.07) is 0.891. The molecule has 0 bridgehead atoms. The van der Waals surface area contributed by atoms with E-state index in [4.69, 9.17) is 18.0 Å². The lowest BCUT2D eigenvalue weighted by atomic mass is 9.90. The van der Waals surface area contributed by atoms with Gasteiger partial charge in [0, 0.05) is 32.8 Å². The summed E-state index contributed by atoms with van der Waals surface area (Å²) in [4.78, 5) is 0. The SMILES string of the molecule is CCC[Si](OC)(OC)OCC1CCCC2OC12. The van der Waals surface area contributed by atoms with Crippen molar-refractivity contribution in [1.29, 1.82) is 0 Å². The molecule has 0 spiro atoms. The average Bonchev–Trinajstić information content (AvgIpc) is 3.14. The van der Waals surface area contributed by atoms with Gasteiger partial charge in [-0.2, -0.15) is 0 Å². The maximum Gasteiger partial charge on any atom is 0.500 e. The van der Waals surface area contributed by atoms with Crippen LogP contribution in [0.2, 0.25) is 6.04 Å². The van der Waals surface area contributed by atoms with Gasteiger partial charge in [-0.1, -0.05) is 19.8 Å². The molecule has 1 aliphatic carbocycles. The Morgan fingerprint density at radius 1 is 1.24 bits per heavy atom. The molecule has 1 saturated heterocycles. The van der Waals surface area contributed by atoms with Crippen LogP contribution in [0.25, 0.3) is 0 Å². The first kappa shape index (κ1) is 13.5.